The molecular formula is C18H26N2O5S. The normalized spacial score (nSPS) is 19.9. The van der Waals surface area contributed by atoms with Crippen LogP contribution in [-0.2, 0) is 14.8 Å². The van der Waals surface area contributed by atoms with Crippen molar-refractivity contribution >= 4 is 21.7 Å². The first-order chi connectivity index (χ1) is 12.5. The van der Waals surface area contributed by atoms with Crippen LogP contribution in [-0.4, -0.2) is 51.8 Å². The van der Waals surface area contributed by atoms with Crippen LogP contribution < -0.4 is 9.62 Å². The summed E-state index contributed by atoms with van der Waals surface area (Å²) >= 11 is 0. The molecule has 0 bridgehead atoms. The number of anilines is 1. The lowest BCUT2D eigenvalue weighted by Crippen LogP contribution is -2.39. The number of aromatic carboxylic acids is 1. The van der Waals surface area contributed by atoms with Gasteiger partial charge in [-0.3, -0.25) is 0 Å². The molecule has 2 N–H and O–H groups in total. The number of carboxylic acids is 1. The monoisotopic (exact) mass is 382 g/mol. The molecule has 0 amide bonds. The standard InChI is InChI=1S/C18H26N2O5S/c21-18(22)14-7-8-16(20-9-11-25-12-10-20)17(13-14)26(23,24)19-15-5-3-1-2-4-6-15/h7-8,13,15,19H,1-6,9-12H2,(H,21,22). The number of morpholine rings is 1. The fraction of sp³-hybridized carbons (Fsp3) is 0.611. The van der Waals surface area contributed by atoms with Gasteiger partial charge in [-0.05, 0) is 31.0 Å². The minimum atomic E-state index is -3.81. The number of carbonyl (C=O) groups is 1. The summed E-state index contributed by atoms with van der Waals surface area (Å²) in [4.78, 5) is 13.3. The number of ether oxygens (including phenoxy) is 1. The average Bonchev–Trinajstić information content (AvgIpc) is 2.90. The number of rotatable bonds is 5. The van der Waals surface area contributed by atoms with Crippen molar-refractivity contribution in [2.45, 2.75) is 49.5 Å². The highest BCUT2D eigenvalue weighted by Crippen LogP contribution is 2.29. The Hall–Kier alpha value is -1.64. The van der Waals surface area contributed by atoms with Crippen molar-refractivity contribution in [1.82, 2.24) is 4.72 Å². The lowest BCUT2D eigenvalue weighted by molar-refractivity contribution is 0.0696. The van der Waals surface area contributed by atoms with Crippen molar-refractivity contribution in [3.63, 3.8) is 0 Å². The fourth-order valence-electron chi connectivity index (χ4n) is 3.61. The Morgan fingerprint density at radius 1 is 1.12 bits per heavy atom. The maximum Gasteiger partial charge on any atom is 0.335 e. The zero-order chi connectivity index (χ0) is 18.6. The van der Waals surface area contributed by atoms with Gasteiger partial charge in [-0.2, -0.15) is 0 Å². The van der Waals surface area contributed by atoms with Gasteiger partial charge in [0.15, 0.2) is 0 Å². The second-order valence-electron chi connectivity index (χ2n) is 6.90. The molecule has 2 aliphatic rings. The molecule has 0 radical (unpaired) electrons. The molecule has 144 valence electrons. The number of benzene rings is 1. The molecule has 1 heterocycles. The van der Waals surface area contributed by atoms with Crippen LogP contribution >= 0.6 is 0 Å². The van der Waals surface area contributed by atoms with Crippen molar-refractivity contribution in [3.8, 4) is 0 Å². The Labute approximate surface area is 154 Å². The summed E-state index contributed by atoms with van der Waals surface area (Å²) in [7, 11) is -3.81. The quantitative estimate of drug-likeness (QED) is 0.758. The summed E-state index contributed by atoms with van der Waals surface area (Å²) in [6.45, 7) is 2.21. The number of hydrogen-bond acceptors (Lipinski definition) is 5. The first kappa shape index (κ1) is 19.1. The summed E-state index contributed by atoms with van der Waals surface area (Å²) in [5.74, 6) is -1.13. The molecule has 7 nitrogen and oxygen atoms in total. The van der Waals surface area contributed by atoms with Gasteiger partial charge in [-0.1, -0.05) is 25.7 Å². The van der Waals surface area contributed by atoms with E-state index in [2.05, 4.69) is 4.72 Å². The number of nitrogens with zero attached hydrogens (tertiary/aromatic N) is 1. The number of carboxylic acid groups (broad SMARTS) is 1. The highest BCUT2D eigenvalue weighted by molar-refractivity contribution is 7.89. The van der Waals surface area contributed by atoms with Gasteiger partial charge in [0, 0.05) is 19.1 Å². The maximum atomic E-state index is 13.1. The van der Waals surface area contributed by atoms with Crippen LogP contribution in [0.1, 0.15) is 48.9 Å². The smallest absolute Gasteiger partial charge is 0.335 e. The third-order valence-corrected chi connectivity index (χ3v) is 6.57. The van der Waals surface area contributed by atoms with Crippen LogP contribution in [0.3, 0.4) is 0 Å². The molecule has 3 rings (SSSR count). The van der Waals surface area contributed by atoms with Gasteiger partial charge >= 0.3 is 5.97 Å². The van der Waals surface area contributed by atoms with E-state index in [0.29, 0.717) is 32.0 Å². The van der Waals surface area contributed by atoms with E-state index in [1.807, 2.05) is 4.90 Å². The van der Waals surface area contributed by atoms with Crippen LogP contribution in [0.4, 0.5) is 5.69 Å². The van der Waals surface area contributed by atoms with E-state index >= 15 is 0 Å². The zero-order valence-electron chi connectivity index (χ0n) is 14.8. The molecule has 1 aliphatic carbocycles. The third-order valence-electron chi connectivity index (χ3n) is 5.03. The van der Waals surface area contributed by atoms with E-state index in [9.17, 15) is 18.3 Å². The molecule has 1 saturated heterocycles. The average molecular weight is 382 g/mol. The molecule has 8 heteroatoms. The molecule has 2 fully saturated rings. The van der Waals surface area contributed by atoms with E-state index in [-0.39, 0.29) is 16.5 Å². The lowest BCUT2D eigenvalue weighted by atomic mass is 10.1. The largest absolute Gasteiger partial charge is 0.478 e. The van der Waals surface area contributed by atoms with Crippen molar-refractivity contribution < 1.29 is 23.1 Å². The maximum absolute atomic E-state index is 13.1. The van der Waals surface area contributed by atoms with Gasteiger partial charge in [0.05, 0.1) is 24.5 Å². The van der Waals surface area contributed by atoms with Crippen LogP contribution in [0, 0.1) is 0 Å². The molecule has 0 unspecified atom stereocenters. The molecule has 1 saturated carbocycles. The Morgan fingerprint density at radius 3 is 2.38 bits per heavy atom. The Morgan fingerprint density at radius 2 is 1.77 bits per heavy atom. The molecule has 1 aromatic carbocycles. The number of sulfonamides is 1. The Kier molecular flexibility index (Phi) is 6.16. The highest BCUT2D eigenvalue weighted by Gasteiger charge is 2.27. The van der Waals surface area contributed by atoms with E-state index < -0.39 is 16.0 Å². The third kappa shape index (κ3) is 4.55. The summed E-state index contributed by atoms with van der Waals surface area (Å²) in [5, 5.41) is 9.29. The topological polar surface area (TPSA) is 95.9 Å². The molecule has 26 heavy (non-hydrogen) atoms. The molecule has 1 aliphatic heterocycles. The summed E-state index contributed by atoms with van der Waals surface area (Å²) in [6.07, 6.45) is 5.93. The van der Waals surface area contributed by atoms with Gasteiger partial charge in [0.25, 0.3) is 0 Å². The van der Waals surface area contributed by atoms with Crippen LogP contribution in [0.2, 0.25) is 0 Å². The minimum absolute atomic E-state index is 0.0248. The van der Waals surface area contributed by atoms with Crippen molar-refractivity contribution in [2.24, 2.45) is 0 Å². The summed E-state index contributed by atoms with van der Waals surface area (Å²) in [5.41, 5.74) is 0.516. The highest BCUT2D eigenvalue weighted by atomic mass is 32.2. The van der Waals surface area contributed by atoms with Gasteiger partial charge in [0.1, 0.15) is 4.90 Å². The summed E-state index contributed by atoms with van der Waals surface area (Å²) < 4.78 is 34.3. The van der Waals surface area contributed by atoms with E-state index in [0.717, 1.165) is 38.5 Å². The van der Waals surface area contributed by atoms with Crippen molar-refractivity contribution in [3.05, 3.63) is 23.8 Å². The van der Waals surface area contributed by atoms with E-state index in [1.54, 1.807) is 6.07 Å². The fourth-order valence-corrected chi connectivity index (χ4v) is 5.16. The molecule has 1 aromatic rings. The van der Waals surface area contributed by atoms with Gasteiger partial charge in [-0.15, -0.1) is 0 Å². The zero-order valence-corrected chi connectivity index (χ0v) is 15.6. The molecular weight excluding hydrogens is 356 g/mol. The number of nitrogens with one attached hydrogen (secondary N) is 1. The molecule has 0 spiro atoms. The van der Waals surface area contributed by atoms with Crippen LogP contribution in [0.25, 0.3) is 0 Å². The van der Waals surface area contributed by atoms with E-state index in [4.69, 9.17) is 4.74 Å². The Bertz CT molecular complexity index is 736. The van der Waals surface area contributed by atoms with Crippen molar-refractivity contribution in [2.75, 3.05) is 31.2 Å². The summed E-state index contributed by atoms with van der Waals surface area (Å²) in [6, 6.07) is 4.23. The molecule has 0 atom stereocenters. The predicted molar refractivity (Wildman–Crippen MR) is 98.2 cm³/mol. The second kappa shape index (κ2) is 8.37. The van der Waals surface area contributed by atoms with Gasteiger partial charge in [0.2, 0.25) is 10.0 Å². The van der Waals surface area contributed by atoms with E-state index in [1.165, 1.54) is 12.1 Å². The second-order valence-corrected chi connectivity index (χ2v) is 8.58. The Balaban J connectivity index is 1.93. The van der Waals surface area contributed by atoms with Gasteiger partial charge < -0.3 is 14.7 Å². The lowest BCUT2D eigenvalue weighted by Gasteiger charge is -2.31. The van der Waals surface area contributed by atoms with Crippen molar-refractivity contribution in [1.29, 1.82) is 0 Å². The van der Waals surface area contributed by atoms with Gasteiger partial charge in [-0.25, -0.2) is 17.9 Å². The first-order valence-electron chi connectivity index (χ1n) is 9.20. The minimum Gasteiger partial charge on any atom is -0.478 e. The van der Waals surface area contributed by atoms with Crippen LogP contribution in [0.15, 0.2) is 23.1 Å². The SMILES string of the molecule is O=C(O)c1ccc(N2CCOCC2)c(S(=O)(=O)NC2CCCCCC2)c1. The molecule has 0 aromatic heterocycles. The predicted octanol–water partition coefficient (Wildman–Crippen LogP) is 2.22. The van der Waals surface area contributed by atoms with Crippen LogP contribution in [0.5, 0.6) is 0 Å². The first-order valence-corrected chi connectivity index (χ1v) is 10.7. The number of hydrogen-bond donors (Lipinski definition) is 2.